The van der Waals surface area contributed by atoms with Crippen molar-refractivity contribution < 1.29 is 18.0 Å². The molecule has 21 heavy (non-hydrogen) atoms. The predicted molar refractivity (Wildman–Crippen MR) is 68.0 cm³/mol. The maximum absolute atomic E-state index is 12.4. The van der Waals surface area contributed by atoms with E-state index in [9.17, 15) is 18.0 Å². The zero-order chi connectivity index (χ0) is 15.5. The van der Waals surface area contributed by atoms with Crippen LogP contribution < -0.4 is 0 Å². The average Bonchev–Trinajstić information content (AvgIpc) is 2.91. The molecule has 0 fully saturated rings. The van der Waals surface area contributed by atoms with Crippen molar-refractivity contribution in [3.8, 4) is 0 Å². The molecule has 8 heteroatoms. The van der Waals surface area contributed by atoms with Crippen molar-refractivity contribution in [3.63, 3.8) is 0 Å². The van der Waals surface area contributed by atoms with E-state index in [1.165, 1.54) is 23.4 Å². The van der Waals surface area contributed by atoms with Gasteiger partial charge >= 0.3 is 6.18 Å². The van der Waals surface area contributed by atoms with Gasteiger partial charge < -0.3 is 4.90 Å². The molecule has 0 saturated heterocycles. The lowest BCUT2D eigenvalue weighted by Crippen LogP contribution is -2.28. The van der Waals surface area contributed by atoms with Gasteiger partial charge in [0.1, 0.15) is 12.2 Å². The Balaban J connectivity index is 1.96. The van der Waals surface area contributed by atoms with Gasteiger partial charge in [-0.05, 0) is 17.7 Å². The quantitative estimate of drug-likeness (QED) is 0.939. The van der Waals surface area contributed by atoms with Gasteiger partial charge in [-0.15, -0.1) is 0 Å². The van der Waals surface area contributed by atoms with Crippen molar-refractivity contribution in [2.24, 2.45) is 0 Å². The number of amides is 1. The molecule has 1 heterocycles. The lowest BCUT2D eigenvalue weighted by molar-refractivity contribution is -0.137. The second kappa shape index (κ2) is 5.94. The number of carbonyl (C=O) groups is 1. The molecule has 5 nitrogen and oxygen atoms in total. The Kier molecular flexibility index (Phi) is 4.25. The largest absolute Gasteiger partial charge is 0.416 e. The number of aromatic nitrogens is 3. The van der Waals surface area contributed by atoms with Crippen LogP contribution in [-0.4, -0.2) is 33.0 Å². The molecule has 1 amide bonds. The average molecular weight is 298 g/mol. The lowest BCUT2D eigenvalue weighted by Gasteiger charge is -2.15. The summed E-state index contributed by atoms with van der Waals surface area (Å²) in [5, 5.41) is 6.30. The molecule has 0 saturated carbocycles. The molecule has 0 atom stereocenters. The number of halogens is 3. The van der Waals surface area contributed by atoms with Crippen molar-refractivity contribution in [3.05, 3.63) is 47.5 Å². The Hall–Kier alpha value is -2.38. The monoisotopic (exact) mass is 298 g/mol. The summed E-state index contributed by atoms with van der Waals surface area (Å²) in [6.07, 6.45) is -3.00. The molecule has 1 N–H and O–H groups in total. The molecule has 1 aromatic carbocycles. The number of likely N-dealkylation sites (N-methyl/N-ethyl adjacent to an activating group) is 1. The van der Waals surface area contributed by atoms with Gasteiger partial charge in [-0.2, -0.15) is 18.3 Å². The Morgan fingerprint density at radius 2 is 1.95 bits per heavy atom. The van der Waals surface area contributed by atoms with Crippen molar-refractivity contribution in [1.29, 1.82) is 0 Å². The zero-order valence-electron chi connectivity index (χ0n) is 11.2. The molecule has 0 bridgehead atoms. The highest BCUT2D eigenvalue weighted by atomic mass is 19.4. The van der Waals surface area contributed by atoms with E-state index in [2.05, 4.69) is 15.2 Å². The Bertz CT molecular complexity index is 593. The number of H-pyrrole nitrogens is 1. The number of carbonyl (C=O) groups excluding carboxylic acids is 1. The second-order valence-corrected chi connectivity index (χ2v) is 4.55. The molecule has 1 aromatic heterocycles. The first-order valence-electron chi connectivity index (χ1n) is 6.10. The Morgan fingerprint density at radius 3 is 2.48 bits per heavy atom. The number of nitrogens with zero attached hydrogens (tertiary/aromatic N) is 3. The van der Waals surface area contributed by atoms with Crippen LogP contribution in [0.5, 0.6) is 0 Å². The molecule has 0 aliphatic carbocycles. The fraction of sp³-hybridized carbons (Fsp3) is 0.308. The summed E-state index contributed by atoms with van der Waals surface area (Å²) in [6.45, 7) is 0.263. The fourth-order valence-electron chi connectivity index (χ4n) is 1.74. The van der Waals surface area contributed by atoms with Crippen LogP contribution in [0.1, 0.15) is 17.0 Å². The minimum atomic E-state index is -4.37. The lowest BCUT2D eigenvalue weighted by atomic mass is 10.1. The van der Waals surface area contributed by atoms with Gasteiger partial charge in [-0.25, -0.2) is 4.98 Å². The first kappa shape index (κ1) is 15.0. The summed E-state index contributed by atoms with van der Waals surface area (Å²) < 4.78 is 37.3. The predicted octanol–water partition coefficient (Wildman–Crippen LogP) is 2.02. The minimum Gasteiger partial charge on any atom is -0.338 e. The van der Waals surface area contributed by atoms with E-state index in [1.54, 1.807) is 7.05 Å². The van der Waals surface area contributed by atoms with E-state index in [4.69, 9.17) is 0 Å². The molecule has 0 aliphatic heterocycles. The van der Waals surface area contributed by atoms with Crippen LogP contribution in [0.15, 0.2) is 30.6 Å². The van der Waals surface area contributed by atoms with Gasteiger partial charge in [0.15, 0.2) is 0 Å². The molecule has 0 spiro atoms. The Labute approximate surface area is 118 Å². The summed E-state index contributed by atoms with van der Waals surface area (Å²) in [5.41, 5.74) is -0.203. The first-order chi connectivity index (χ1) is 9.86. The van der Waals surface area contributed by atoms with Gasteiger partial charge in [0.05, 0.1) is 18.5 Å². The van der Waals surface area contributed by atoms with Gasteiger partial charge in [0, 0.05) is 7.05 Å². The van der Waals surface area contributed by atoms with E-state index >= 15 is 0 Å². The SMILES string of the molecule is CN(Cc1ncn[nH]1)C(=O)Cc1ccc(C(F)(F)F)cc1. The molecular formula is C13H13F3N4O. The standard InChI is InChI=1S/C13H13F3N4O/c1-20(7-11-17-8-18-19-11)12(21)6-9-2-4-10(5-3-9)13(14,15)16/h2-5,8H,6-7H2,1H3,(H,17,18,19). The molecule has 0 radical (unpaired) electrons. The second-order valence-electron chi connectivity index (χ2n) is 4.55. The molecule has 112 valence electrons. The normalized spacial score (nSPS) is 11.4. The first-order valence-corrected chi connectivity index (χ1v) is 6.10. The maximum Gasteiger partial charge on any atom is 0.416 e. The number of alkyl halides is 3. The smallest absolute Gasteiger partial charge is 0.338 e. The van der Waals surface area contributed by atoms with Crippen LogP contribution in [0.2, 0.25) is 0 Å². The molecule has 2 rings (SSSR count). The van der Waals surface area contributed by atoms with E-state index in [0.717, 1.165) is 12.1 Å². The number of hydrogen-bond acceptors (Lipinski definition) is 3. The highest BCUT2D eigenvalue weighted by Crippen LogP contribution is 2.29. The van der Waals surface area contributed by atoms with Crippen molar-refractivity contribution in [2.45, 2.75) is 19.1 Å². The maximum atomic E-state index is 12.4. The van der Waals surface area contributed by atoms with Crippen LogP contribution in [0, 0.1) is 0 Å². The van der Waals surface area contributed by atoms with Gasteiger partial charge in [0.25, 0.3) is 0 Å². The van der Waals surface area contributed by atoms with Crippen molar-refractivity contribution >= 4 is 5.91 Å². The third-order valence-corrected chi connectivity index (χ3v) is 2.91. The highest BCUT2D eigenvalue weighted by Gasteiger charge is 2.30. The highest BCUT2D eigenvalue weighted by molar-refractivity contribution is 5.78. The molecule has 0 unspecified atom stereocenters. The van der Waals surface area contributed by atoms with Gasteiger partial charge in [-0.1, -0.05) is 12.1 Å². The number of aromatic amines is 1. The van der Waals surface area contributed by atoms with Crippen LogP contribution >= 0.6 is 0 Å². The van der Waals surface area contributed by atoms with E-state index in [1.807, 2.05) is 0 Å². The van der Waals surface area contributed by atoms with Gasteiger partial charge in [0.2, 0.25) is 5.91 Å². The number of benzene rings is 1. The van der Waals surface area contributed by atoms with Crippen molar-refractivity contribution in [2.75, 3.05) is 7.05 Å². The van der Waals surface area contributed by atoms with E-state index < -0.39 is 11.7 Å². The van der Waals surface area contributed by atoms with Crippen LogP contribution in [0.3, 0.4) is 0 Å². The molecule has 0 aliphatic rings. The zero-order valence-corrected chi connectivity index (χ0v) is 11.2. The number of hydrogen-bond donors (Lipinski definition) is 1. The summed E-state index contributed by atoms with van der Waals surface area (Å²) in [5.74, 6) is 0.324. The van der Waals surface area contributed by atoms with Crippen LogP contribution in [0.4, 0.5) is 13.2 Å². The Morgan fingerprint density at radius 1 is 1.29 bits per heavy atom. The van der Waals surface area contributed by atoms with Crippen LogP contribution in [0.25, 0.3) is 0 Å². The summed E-state index contributed by atoms with van der Waals surface area (Å²) in [6, 6.07) is 4.56. The topological polar surface area (TPSA) is 61.9 Å². The third-order valence-electron chi connectivity index (χ3n) is 2.91. The summed E-state index contributed by atoms with van der Waals surface area (Å²) in [4.78, 5) is 17.3. The minimum absolute atomic E-state index is 0.0305. The fourth-order valence-corrected chi connectivity index (χ4v) is 1.74. The summed E-state index contributed by atoms with van der Waals surface area (Å²) in [7, 11) is 1.59. The molecule has 2 aromatic rings. The third kappa shape index (κ3) is 4.04. The van der Waals surface area contributed by atoms with Gasteiger partial charge in [-0.3, -0.25) is 9.89 Å². The van der Waals surface area contributed by atoms with Crippen molar-refractivity contribution in [1.82, 2.24) is 20.1 Å². The summed E-state index contributed by atoms with van der Waals surface area (Å²) >= 11 is 0. The van der Waals surface area contributed by atoms with E-state index in [-0.39, 0.29) is 18.9 Å². The van der Waals surface area contributed by atoms with E-state index in [0.29, 0.717) is 11.4 Å². The van der Waals surface area contributed by atoms with Crippen LogP contribution in [-0.2, 0) is 23.9 Å². The number of rotatable bonds is 4. The number of nitrogens with one attached hydrogen (secondary N) is 1. The molecular weight excluding hydrogens is 285 g/mol.